The Morgan fingerprint density at radius 3 is 2.84 bits per heavy atom. The van der Waals surface area contributed by atoms with Gasteiger partial charge in [-0.1, -0.05) is 0 Å². The molecule has 0 fully saturated rings. The Morgan fingerprint density at radius 1 is 1.37 bits per heavy atom. The predicted octanol–water partition coefficient (Wildman–Crippen LogP) is 2.26. The van der Waals surface area contributed by atoms with E-state index in [-0.39, 0.29) is 6.61 Å². The van der Waals surface area contributed by atoms with Gasteiger partial charge < -0.3 is 19.6 Å². The third-order valence-electron chi connectivity index (χ3n) is 2.69. The van der Waals surface area contributed by atoms with Gasteiger partial charge in [-0.2, -0.15) is 5.26 Å². The Labute approximate surface area is 111 Å². The molecule has 0 aliphatic rings. The van der Waals surface area contributed by atoms with Crippen LogP contribution in [0.4, 0.5) is 5.69 Å². The minimum Gasteiger partial charge on any atom is -0.496 e. The predicted molar refractivity (Wildman–Crippen MR) is 69.7 cm³/mol. The van der Waals surface area contributed by atoms with Crippen LogP contribution in [0.15, 0.2) is 34.7 Å². The van der Waals surface area contributed by atoms with E-state index in [1.165, 1.54) is 0 Å². The molecule has 0 saturated carbocycles. The lowest BCUT2D eigenvalue weighted by Gasteiger charge is -2.10. The summed E-state index contributed by atoms with van der Waals surface area (Å²) < 4.78 is 10.4. The van der Waals surface area contributed by atoms with E-state index in [2.05, 4.69) is 5.32 Å². The van der Waals surface area contributed by atoms with Gasteiger partial charge in [-0.25, -0.2) is 0 Å². The van der Waals surface area contributed by atoms with Crippen molar-refractivity contribution in [1.82, 2.24) is 0 Å². The number of rotatable bonds is 5. The smallest absolute Gasteiger partial charge is 0.203 e. The highest BCUT2D eigenvalue weighted by atomic mass is 16.5. The molecule has 0 radical (unpaired) electrons. The Bertz CT molecular complexity index is 599. The van der Waals surface area contributed by atoms with Crippen molar-refractivity contribution < 1.29 is 14.3 Å². The topological polar surface area (TPSA) is 78.4 Å². The lowest BCUT2D eigenvalue weighted by atomic mass is 10.2. The second kappa shape index (κ2) is 5.94. The summed E-state index contributed by atoms with van der Waals surface area (Å²) in [6.45, 7) is 0.386. The van der Waals surface area contributed by atoms with Crippen molar-refractivity contribution in [2.24, 2.45) is 0 Å². The summed E-state index contributed by atoms with van der Waals surface area (Å²) >= 11 is 0. The van der Waals surface area contributed by atoms with Crippen molar-refractivity contribution in [1.29, 1.82) is 5.26 Å². The van der Waals surface area contributed by atoms with Gasteiger partial charge in [0, 0.05) is 11.3 Å². The van der Waals surface area contributed by atoms with Crippen LogP contribution < -0.4 is 10.1 Å². The number of aliphatic hydroxyl groups is 1. The van der Waals surface area contributed by atoms with Gasteiger partial charge in [-0.15, -0.1) is 0 Å². The summed E-state index contributed by atoms with van der Waals surface area (Å²) in [7, 11) is 1.56. The largest absolute Gasteiger partial charge is 0.496 e. The van der Waals surface area contributed by atoms with Crippen LogP contribution in [0.25, 0.3) is 0 Å². The summed E-state index contributed by atoms with van der Waals surface area (Å²) in [5.41, 5.74) is 1.56. The first-order valence-corrected chi connectivity index (χ1v) is 5.77. The van der Waals surface area contributed by atoms with Crippen molar-refractivity contribution in [3.8, 4) is 11.8 Å². The molecule has 19 heavy (non-hydrogen) atoms. The van der Waals surface area contributed by atoms with Crippen molar-refractivity contribution >= 4 is 5.69 Å². The van der Waals surface area contributed by atoms with E-state index in [4.69, 9.17) is 14.4 Å². The quantitative estimate of drug-likeness (QED) is 0.860. The molecule has 2 rings (SSSR count). The fraction of sp³-hybridized carbons (Fsp3) is 0.214. The second-order valence-electron chi connectivity index (χ2n) is 3.92. The standard InChI is InChI=1S/C14H14N2O3/c1-18-14-5-2-11(6-10(14)9-17)16-8-13-4-3-12(7-15)19-13/h2-6,16-17H,8-9H2,1H3. The first kappa shape index (κ1) is 13.0. The summed E-state index contributed by atoms with van der Waals surface area (Å²) in [6, 6.07) is 10.8. The highest BCUT2D eigenvalue weighted by molar-refractivity contribution is 5.51. The fourth-order valence-corrected chi connectivity index (χ4v) is 1.73. The summed E-state index contributed by atoms with van der Waals surface area (Å²) in [6.07, 6.45) is 0. The van der Waals surface area contributed by atoms with E-state index in [0.717, 1.165) is 5.69 Å². The zero-order chi connectivity index (χ0) is 13.7. The first-order chi connectivity index (χ1) is 9.26. The number of hydrogen-bond donors (Lipinski definition) is 2. The van der Waals surface area contributed by atoms with Crippen LogP contribution in [-0.4, -0.2) is 12.2 Å². The molecular weight excluding hydrogens is 244 g/mol. The number of ether oxygens (including phenoxy) is 1. The number of furan rings is 1. The van der Waals surface area contributed by atoms with Gasteiger partial charge >= 0.3 is 0 Å². The summed E-state index contributed by atoms with van der Waals surface area (Å²) in [5, 5.41) is 21.0. The van der Waals surface area contributed by atoms with Crippen LogP contribution in [0.3, 0.4) is 0 Å². The average molecular weight is 258 g/mol. The molecule has 98 valence electrons. The van der Waals surface area contributed by atoms with E-state index >= 15 is 0 Å². The lowest BCUT2D eigenvalue weighted by molar-refractivity contribution is 0.274. The van der Waals surface area contributed by atoms with Crippen molar-refractivity contribution in [3.05, 3.63) is 47.4 Å². The number of nitrogens with one attached hydrogen (secondary N) is 1. The van der Waals surface area contributed by atoms with E-state index in [1.54, 1.807) is 25.3 Å². The van der Waals surface area contributed by atoms with Gasteiger partial charge in [0.05, 0.1) is 20.3 Å². The van der Waals surface area contributed by atoms with E-state index in [1.807, 2.05) is 18.2 Å². The van der Waals surface area contributed by atoms with E-state index in [9.17, 15) is 5.11 Å². The maximum Gasteiger partial charge on any atom is 0.203 e. The van der Waals surface area contributed by atoms with E-state index in [0.29, 0.717) is 29.4 Å². The molecule has 1 aromatic carbocycles. The van der Waals surface area contributed by atoms with Crippen molar-refractivity contribution in [2.45, 2.75) is 13.2 Å². The minimum atomic E-state index is -0.0853. The number of hydrogen-bond acceptors (Lipinski definition) is 5. The van der Waals surface area contributed by atoms with Crippen LogP contribution in [0, 0.1) is 11.3 Å². The summed E-state index contributed by atoms with van der Waals surface area (Å²) in [5.74, 6) is 1.62. The van der Waals surface area contributed by atoms with Crippen LogP contribution in [0.1, 0.15) is 17.1 Å². The van der Waals surface area contributed by atoms with Crippen LogP contribution in [-0.2, 0) is 13.2 Å². The normalized spacial score (nSPS) is 9.95. The van der Waals surface area contributed by atoms with Crippen molar-refractivity contribution in [3.63, 3.8) is 0 Å². The third kappa shape index (κ3) is 3.06. The van der Waals surface area contributed by atoms with Crippen molar-refractivity contribution in [2.75, 3.05) is 12.4 Å². The number of methoxy groups -OCH3 is 1. The van der Waals surface area contributed by atoms with Gasteiger partial charge in [-0.05, 0) is 30.3 Å². The molecule has 0 aliphatic carbocycles. The number of anilines is 1. The maximum atomic E-state index is 9.23. The monoisotopic (exact) mass is 258 g/mol. The molecule has 1 heterocycles. The zero-order valence-corrected chi connectivity index (χ0v) is 10.5. The van der Waals surface area contributed by atoms with Gasteiger partial charge in [0.1, 0.15) is 17.6 Å². The molecular formula is C14H14N2O3. The van der Waals surface area contributed by atoms with Crippen LogP contribution >= 0.6 is 0 Å². The van der Waals surface area contributed by atoms with Gasteiger partial charge in [0.2, 0.25) is 5.76 Å². The SMILES string of the molecule is COc1ccc(NCc2ccc(C#N)o2)cc1CO. The highest BCUT2D eigenvalue weighted by Gasteiger charge is 2.05. The number of nitrogens with zero attached hydrogens (tertiary/aromatic N) is 1. The first-order valence-electron chi connectivity index (χ1n) is 5.77. The van der Waals surface area contributed by atoms with E-state index < -0.39 is 0 Å². The molecule has 0 spiro atoms. The molecule has 0 amide bonds. The Hall–Kier alpha value is -2.45. The summed E-state index contributed by atoms with van der Waals surface area (Å²) in [4.78, 5) is 0. The maximum absolute atomic E-state index is 9.23. The van der Waals surface area contributed by atoms with Gasteiger partial charge in [0.25, 0.3) is 0 Å². The third-order valence-corrected chi connectivity index (χ3v) is 2.69. The van der Waals surface area contributed by atoms with Gasteiger partial charge in [0.15, 0.2) is 0 Å². The molecule has 0 saturated heterocycles. The molecule has 2 aromatic rings. The Morgan fingerprint density at radius 2 is 2.21 bits per heavy atom. The molecule has 0 bridgehead atoms. The molecule has 2 N–H and O–H groups in total. The molecule has 1 aromatic heterocycles. The Kier molecular flexibility index (Phi) is 4.06. The molecule has 0 atom stereocenters. The number of nitriles is 1. The number of aliphatic hydroxyl groups excluding tert-OH is 1. The Balaban J connectivity index is 2.05. The minimum absolute atomic E-state index is 0.0853. The second-order valence-corrected chi connectivity index (χ2v) is 3.92. The number of benzene rings is 1. The molecule has 0 unspecified atom stereocenters. The molecule has 0 aliphatic heterocycles. The zero-order valence-electron chi connectivity index (χ0n) is 10.5. The van der Waals surface area contributed by atoms with Gasteiger partial charge in [-0.3, -0.25) is 0 Å². The van der Waals surface area contributed by atoms with Crippen LogP contribution in [0.2, 0.25) is 0 Å². The fourth-order valence-electron chi connectivity index (χ4n) is 1.73. The molecule has 5 nitrogen and oxygen atoms in total. The van der Waals surface area contributed by atoms with Crippen LogP contribution in [0.5, 0.6) is 5.75 Å². The highest BCUT2D eigenvalue weighted by Crippen LogP contribution is 2.23. The average Bonchev–Trinajstić information content (AvgIpc) is 2.92. The lowest BCUT2D eigenvalue weighted by Crippen LogP contribution is -2.00. The molecule has 5 heteroatoms.